The molecule has 0 saturated carbocycles. The molecule has 0 bridgehead atoms. The van der Waals surface area contributed by atoms with Gasteiger partial charge in [0.2, 0.25) is 0 Å². The Kier molecular flexibility index (Phi) is 3.17. The lowest BCUT2D eigenvalue weighted by Crippen LogP contribution is -2.16. The summed E-state index contributed by atoms with van der Waals surface area (Å²) >= 11 is 3.27. The van der Waals surface area contributed by atoms with Crippen LogP contribution < -0.4 is 4.74 Å². The highest BCUT2D eigenvalue weighted by molar-refractivity contribution is 9.10. The number of esters is 1. The second-order valence-corrected chi connectivity index (χ2v) is 4.71. The number of fused-ring (bicyclic) bond motifs is 1. The first kappa shape index (κ1) is 12.7. The van der Waals surface area contributed by atoms with Crippen molar-refractivity contribution in [2.24, 2.45) is 0 Å². The number of benzene rings is 1. The number of hydrogen-bond donors (Lipinski definition) is 0. The molecule has 0 radical (unpaired) electrons. The molecule has 0 saturated heterocycles. The quantitative estimate of drug-likeness (QED) is 0.591. The molecule has 92 valence electrons. The fourth-order valence-electron chi connectivity index (χ4n) is 1.77. The van der Waals surface area contributed by atoms with Crippen LogP contribution in [-0.4, -0.2) is 17.5 Å². The van der Waals surface area contributed by atoms with Crippen molar-refractivity contribution in [2.45, 2.75) is 13.8 Å². The summed E-state index contributed by atoms with van der Waals surface area (Å²) in [5.41, 5.74) is 1.12. The summed E-state index contributed by atoms with van der Waals surface area (Å²) in [7, 11) is 0. The molecule has 0 heterocycles. The summed E-state index contributed by atoms with van der Waals surface area (Å²) in [6, 6.07) is 1.61. The molecule has 0 unspecified atom stereocenters. The van der Waals surface area contributed by atoms with Crippen LogP contribution in [0.4, 0.5) is 0 Å². The van der Waals surface area contributed by atoms with Gasteiger partial charge in [0.15, 0.2) is 17.3 Å². The van der Waals surface area contributed by atoms with E-state index in [9.17, 15) is 14.4 Å². The number of rotatable bonds is 1. The van der Waals surface area contributed by atoms with Crippen molar-refractivity contribution in [2.75, 3.05) is 0 Å². The average molecular weight is 309 g/mol. The normalized spacial score (nSPS) is 13.5. The van der Waals surface area contributed by atoms with Crippen molar-refractivity contribution >= 4 is 33.5 Å². The second kappa shape index (κ2) is 4.49. The summed E-state index contributed by atoms with van der Waals surface area (Å²) in [5, 5.41) is 0. The molecule has 1 aliphatic carbocycles. The number of ether oxygens (including phenoxy) is 1. The molecule has 0 atom stereocenters. The summed E-state index contributed by atoms with van der Waals surface area (Å²) in [5.74, 6) is -1.05. The van der Waals surface area contributed by atoms with E-state index in [1.165, 1.54) is 19.1 Å². The minimum absolute atomic E-state index is 0.111. The summed E-state index contributed by atoms with van der Waals surface area (Å²) in [6.45, 7) is 3.00. The molecule has 5 heteroatoms. The Morgan fingerprint density at radius 1 is 1.22 bits per heavy atom. The lowest BCUT2D eigenvalue weighted by molar-refractivity contribution is -0.131. The first-order valence-electron chi connectivity index (χ1n) is 5.20. The molecular formula is C13H9BrO4. The van der Waals surface area contributed by atoms with Crippen molar-refractivity contribution in [3.63, 3.8) is 0 Å². The first-order chi connectivity index (χ1) is 8.41. The van der Waals surface area contributed by atoms with E-state index in [4.69, 9.17) is 4.74 Å². The zero-order valence-corrected chi connectivity index (χ0v) is 11.3. The topological polar surface area (TPSA) is 60.4 Å². The van der Waals surface area contributed by atoms with Gasteiger partial charge < -0.3 is 4.74 Å². The molecule has 0 amide bonds. The first-order valence-corrected chi connectivity index (χ1v) is 5.99. The molecule has 4 nitrogen and oxygen atoms in total. The van der Waals surface area contributed by atoms with Gasteiger partial charge in [0.1, 0.15) is 0 Å². The molecule has 1 aliphatic rings. The van der Waals surface area contributed by atoms with Gasteiger partial charge in [0.05, 0.1) is 10.0 Å². The van der Waals surface area contributed by atoms with Crippen LogP contribution in [-0.2, 0) is 4.79 Å². The fraction of sp³-hybridized carbons (Fsp3) is 0.154. The Balaban J connectivity index is 2.76. The number of carbonyl (C=O) groups excluding carboxylic acids is 3. The minimum Gasteiger partial charge on any atom is -0.425 e. The van der Waals surface area contributed by atoms with E-state index in [0.717, 1.165) is 5.56 Å². The molecule has 0 N–H and O–H groups in total. The highest BCUT2D eigenvalue weighted by Crippen LogP contribution is 2.37. The fourth-order valence-corrected chi connectivity index (χ4v) is 2.16. The van der Waals surface area contributed by atoms with Gasteiger partial charge in [-0.2, -0.15) is 0 Å². The number of ketones is 2. The van der Waals surface area contributed by atoms with Gasteiger partial charge in [-0.3, -0.25) is 14.4 Å². The predicted molar refractivity (Wildman–Crippen MR) is 68.0 cm³/mol. The largest absolute Gasteiger partial charge is 0.425 e. The molecule has 0 fully saturated rings. The van der Waals surface area contributed by atoms with E-state index in [1.54, 1.807) is 13.0 Å². The van der Waals surface area contributed by atoms with E-state index in [2.05, 4.69) is 15.9 Å². The van der Waals surface area contributed by atoms with E-state index >= 15 is 0 Å². The maximum absolute atomic E-state index is 11.8. The van der Waals surface area contributed by atoms with Crippen LogP contribution in [0, 0.1) is 6.92 Å². The van der Waals surface area contributed by atoms with Crippen molar-refractivity contribution in [3.05, 3.63) is 39.4 Å². The third-order valence-electron chi connectivity index (χ3n) is 2.55. The number of hydrogen-bond acceptors (Lipinski definition) is 4. The predicted octanol–water partition coefficient (Wildman–Crippen LogP) is 2.62. The SMILES string of the molecule is CC(=O)Oc1c(Br)c(C)cc2c1C(=O)C=CC2=O. The number of carbonyl (C=O) groups is 3. The van der Waals surface area contributed by atoms with Crippen molar-refractivity contribution in [1.82, 2.24) is 0 Å². The van der Waals surface area contributed by atoms with Crippen LogP contribution in [0.2, 0.25) is 0 Å². The summed E-state index contributed by atoms with van der Waals surface area (Å²) < 4.78 is 5.56. The van der Waals surface area contributed by atoms with Gasteiger partial charge in [-0.05, 0) is 46.6 Å². The van der Waals surface area contributed by atoms with E-state index in [-0.39, 0.29) is 28.4 Å². The second-order valence-electron chi connectivity index (χ2n) is 3.91. The molecule has 0 spiro atoms. The summed E-state index contributed by atoms with van der Waals surface area (Å²) in [6.07, 6.45) is 2.40. The van der Waals surface area contributed by atoms with Crippen LogP contribution in [0.25, 0.3) is 0 Å². The zero-order chi connectivity index (χ0) is 13.4. The standard InChI is InChI=1S/C13H9BrO4/c1-6-5-8-9(16)3-4-10(17)11(8)13(12(6)14)18-7(2)15/h3-5H,1-2H3. The lowest BCUT2D eigenvalue weighted by Gasteiger charge is -2.16. The molecule has 1 aromatic carbocycles. The van der Waals surface area contributed by atoms with Crippen LogP contribution >= 0.6 is 15.9 Å². The Labute approximate surface area is 112 Å². The number of halogens is 1. The minimum atomic E-state index is -0.543. The Bertz CT molecular complexity index is 614. The monoisotopic (exact) mass is 308 g/mol. The Hall–Kier alpha value is -1.75. The van der Waals surface area contributed by atoms with Gasteiger partial charge in [0.25, 0.3) is 0 Å². The number of aryl methyl sites for hydroxylation is 1. The Morgan fingerprint density at radius 3 is 2.44 bits per heavy atom. The van der Waals surface area contributed by atoms with Crippen molar-refractivity contribution in [3.8, 4) is 5.75 Å². The van der Waals surface area contributed by atoms with Crippen LogP contribution in [0.15, 0.2) is 22.7 Å². The van der Waals surface area contributed by atoms with Crippen LogP contribution in [0.1, 0.15) is 33.2 Å². The molecule has 2 rings (SSSR count). The van der Waals surface area contributed by atoms with Gasteiger partial charge in [-0.1, -0.05) is 0 Å². The van der Waals surface area contributed by atoms with E-state index in [1.807, 2.05) is 0 Å². The average Bonchev–Trinajstić information content (AvgIpc) is 2.29. The van der Waals surface area contributed by atoms with E-state index in [0.29, 0.717) is 4.47 Å². The molecule has 1 aromatic rings. The maximum atomic E-state index is 11.8. The highest BCUT2D eigenvalue weighted by atomic mass is 79.9. The lowest BCUT2D eigenvalue weighted by atomic mass is 9.92. The van der Waals surface area contributed by atoms with Crippen molar-refractivity contribution < 1.29 is 19.1 Å². The summed E-state index contributed by atoms with van der Waals surface area (Å²) in [4.78, 5) is 34.7. The smallest absolute Gasteiger partial charge is 0.308 e. The molecule has 18 heavy (non-hydrogen) atoms. The molecule has 0 aromatic heterocycles. The van der Waals surface area contributed by atoms with E-state index < -0.39 is 5.97 Å². The molecule has 0 aliphatic heterocycles. The van der Waals surface area contributed by atoms with Crippen LogP contribution in [0.5, 0.6) is 5.75 Å². The van der Waals surface area contributed by atoms with Gasteiger partial charge in [-0.15, -0.1) is 0 Å². The third-order valence-corrected chi connectivity index (χ3v) is 3.53. The van der Waals surface area contributed by atoms with Crippen LogP contribution in [0.3, 0.4) is 0 Å². The number of allylic oxidation sites excluding steroid dienone is 2. The van der Waals surface area contributed by atoms with Gasteiger partial charge in [0, 0.05) is 12.5 Å². The van der Waals surface area contributed by atoms with Gasteiger partial charge >= 0.3 is 5.97 Å². The Morgan fingerprint density at radius 2 is 1.83 bits per heavy atom. The third kappa shape index (κ3) is 2.01. The van der Waals surface area contributed by atoms with Crippen molar-refractivity contribution in [1.29, 1.82) is 0 Å². The highest BCUT2D eigenvalue weighted by Gasteiger charge is 2.27. The van der Waals surface area contributed by atoms with Gasteiger partial charge in [-0.25, -0.2) is 0 Å². The zero-order valence-electron chi connectivity index (χ0n) is 9.74. The molecular weight excluding hydrogens is 300 g/mol. The maximum Gasteiger partial charge on any atom is 0.308 e.